The highest BCUT2D eigenvalue weighted by Crippen LogP contribution is 2.21. The first kappa shape index (κ1) is 9.39. The molecule has 0 aliphatic rings. The van der Waals surface area contributed by atoms with E-state index in [1.54, 1.807) is 12.1 Å². The highest BCUT2D eigenvalue weighted by Gasteiger charge is 2.10. The van der Waals surface area contributed by atoms with Crippen molar-refractivity contribution in [2.75, 3.05) is 0 Å². The molecule has 0 aliphatic carbocycles. The average molecular weight is 231 g/mol. The Morgan fingerprint density at radius 3 is 2.58 bits per heavy atom. The van der Waals surface area contributed by atoms with Crippen molar-refractivity contribution in [2.24, 2.45) is 0 Å². The van der Waals surface area contributed by atoms with Gasteiger partial charge in [0.25, 0.3) is 0 Å². The second kappa shape index (κ2) is 3.35. The molecule has 0 saturated heterocycles. The van der Waals surface area contributed by atoms with Gasteiger partial charge >= 0.3 is 0 Å². The number of hydrogen-bond donors (Lipinski definition) is 0. The molecule has 64 valence electrons. The Hall–Kier alpha value is -0.700. The van der Waals surface area contributed by atoms with Crippen molar-refractivity contribution >= 4 is 21.7 Å². The third-order valence-electron chi connectivity index (χ3n) is 1.55. The molecule has 0 heterocycles. The Morgan fingerprint density at radius 2 is 2.08 bits per heavy atom. The quantitative estimate of drug-likeness (QED) is 0.678. The normalized spacial score (nSPS) is 10.0. The molecule has 0 aliphatic heterocycles. The van der Waals surface area contributed by atoms with E-state index in [1.165, 1.54) is 6.92 Å². The van der Waals surface area contributed by atoms with Crippen LogP contribution in [0.5, 0.6) is 0 Å². The molecule has 0 saturated carbocycles. The SMILES string of the molecule is CC(=O)c1cc(C)cc(Br)c1F. The van der Waals surface area contributed by atoms with Crippen molar-refractivity contribution in [3.05, 3.63) is 33.5 Å². The molecular formula is C9H8BrFO. The molecule has 0 unspecified atom stereocenters. The molecule has 0 spiro atoms. The number of hydrogen-bond acceptors (Lipinski definition) is 1. The summed E-state index contributed by atoms with van der Waals surface area (Å²) in [5.74, 6) is -0.731. The number of halogens is 2. The van der Waals surface area contributed by atoms with Crippen LogP contribution < -0.4 is 0 Å². The van der Waals surface area contributed by atoms with Gasteiger partial charge in [-0.1, -0.05) is 0 Å². The minimum absolute atomic E-state index is 0.141. The standard InChI is InChI=1S/C9H8BrFO/c1-5-3-7(6(2)12)9(11)8(10)4-5/h3-4H,1-2H3. The summed E-state index contributed by atoms with van der Waals surface area (Å²) >= 11 is 3.04. The van der Waals surface area contributed by atoms with E-state index in [0.29, 0.717) is 4.47 Å². The van der Waals surface area contributed by atoms with Gasteiger partial charge in [-0.2, -0.15) is 0 Å². The van der Waals surface area contributed by atoms with Crippen molar-refractivity contribution in [1.29, 1.82) is 0 Å². The van der Waals surface area contributed by atoms with Crippen LogP contribution in [0.1, 0.15) is 22.8 Å². The van der Waals surface area contributed by atoms with Gasteiger partial charge in [0, 0.05) is 0 Å². The summed E-state index contributed by atoms with van der Waals surface area (Å²) in [5, 5.41) is 0. The van der Waals surface area contributed by atoms with Gasteiger partial charge in [0.1, 0.15) is 5.82 Å². The molecular weight excluding hydrogens is 223 g/mol. The number of carbonyl (C=O) groups excluding carboxylic acids is 1. The molecule has 12 heavy (non-hydrogen) atoms. The van der Waals surface area contributed by atoms with Crippen LogP contribution in [0.15, 0.2) is 16.6 Å². The van der Waals surface area contributed by atoms with Gasteiger partial charge in [0.2, 0.25) is 0 Å². The predicted octanol–water partition coefficient (Wildman–Crippen LogP) is 3.10. The van der Waals surface area contributed by atoms with E-state index in [4.69, 9.17) is 0 Å². The fraction of sp³-hybridized carbons (Fsp3) is 0.222. The first-order valence-corrected chi connectivity index (χ1v) is 4.28. The van der Waals surface area contributed by atoms with E-state index < -0.39 is 5.82 Å². The highest BCUT2D eigenvalue weighted by molar-refractivity contribution is 9.10. The van der Waals surface area contributed by atoms with E-state index in [9.17, 15) is 9.18 Å². The zero-order valence-electron chi connectivity index (χ0n) is 6.82. The van der Waals surface area contributed by atoms with E-state index in [-0.39, 0.29) is 11.3 Å². The highest BCUT2D eigenvalue weighted by atomic mass is 79.9. The molecule has 0 radical (unpaired) electrons. The summed E-state index contributed by atoms with van der Waals surface area (Å²) in [4.78, 5) is 10.9. The van der Waals surface area contributed by atoms with Crippen LogP contribution in [-0.2, 0) is 0 Å². The van der Waals surface area contributed by atoms with Gasteiger partial charge in [-0.05, 0) is 47.5 Å². The summed E-state index contributed by atoms with van der Waals surface area (Å²) in [6.07, 6.45) is 0. The van der Waals surface area contributed by atoms with Crippen molar-refractivity contribution < 1.29 is 9.18 Å². The summed E-state index contributed by atoms with van der Waals surface area (Å²) < 4.78 is 13.5. The third-order valence-corrected chi connectivity index (χ3v) is 2.13. The van der Waals surface area contributed by atoms with Gasteiger partial charge < -0.3 is 0 Å². The van der Waals surface area contributed by atoms with Crippen LogP contribution in [-0.4, -0.2) is 5.78 Å². The molecule has 0 bridgehead atoms. The minimum Gasteiger partial charge on any atom is -0.294 e. The van der Waals surface area contributed by atoms with Crippen molar-refractivity contribution in [1.82, 2.24) is 0 Å². The first-order valence-electron chi connectivity index (χ1n) is 3.49. The topological polar surface area (TPSA) is 17.1 Å². The summed E-state index contributed by atoms with van der Waals surface area (Å²) in [7, 11) is 0. The molecule has 3 heteroatoms. The van der Waals surface area contributed by atoms with Crippen LogP contribution in [0.25, 0.3) is 0 Å². The van der Waals surface area contributed by atoms with E-state index >= 15 is 0 Å². The lowest BCUT2D eigenvalue weighted by atomic mass is 10.1. The van der Waals surface area contributed by atoms with Crippen LogP contribution >= 0.6 is 15.9 Å². The Bertz CT molecular complexity index is 334. The maximum Gasteiger partial charge on any atom is 0.162 e. The maximum atomic E-state index is 13.2. The smallest absolute Gasteiger partial charge is 0.162 e. The molecule has 0 N–H and O–H groups in total. The molecule has 0 atom stereocenters. The lowest BCUT2D eigenvalue weighted by Crippen LogP contribution is -1.98. The monoisotopic (exact) mass is 230 g/mol. The van der Waals surface area contributed by atoms with Crippen molar-refractivity contribution in [3.8, 4) is 0 Å². The Kier molecular flexibility index (Phi) is 2.62. The van der Waals surface area contributed by atoms with Crippen LogP contribution in [0.3, 0.4) is 0 Å². The molecule has 0 amide bonds. The number of aryl methyl sites for hydroxylation is 1. The second-order valence-electron chi connectivity index (χ2n) is 2.66. The Balaban J connectivity index is 3.37. The zero-order chi connectivity index (χ0) is 9.30. The molecule has 0 aromatic heterocycles. The van der Waals surface area contributed by atoms with E-state index in [1.807, 2.05) is 6.92 Å². The fourth-order valence-corrected chi connectivity index (χ4v) is 1.56. The summed E-state index contributed by atoms with van der Waals surface area (Å²) in [6.45, 7) is 3.17. The van der Waals surface area contributed by atoms with Gasteiger partial charge in [-0.25, -0.2) is 4.39 Å². The summed E-state index contributed by atoms with van der Waals surface area (Å²) in [6, 6.07) is 3.18. The maximum absolute atomic E-state index is 13.2. The molecule has 1 rings (SSSR count). The average Bonchev–Trinajstić information content (AvgIpc) is 1.96. The Morgan fingerprint density at radius 1 is 1.50 bits per heavy atom. The van der Waals surface area contributed by atoms with Crippen molar-refractivity contribution in [2.45, 2.75) is 13.8 Å². The van der Waals surface area contributed by atoms with Gasteiger partial charge in [0.05, 0.1) is 10.0 Å². The number of Topliss-reactive ketones (excluding diaryl/α,β-unsaturated/α-hetero) is 1. The molecule has 1 nitrogen and oxygen atoms in total. The lowest BCUT2D eigenvalue weighted by molar-refractivity contribution is 0.101. The third kappa shape index (κ3) is 1.72. The minimum atomic E-state index is -0.479. The number of carbonyl (C=O) groups is 1. The Labute approximate surface area is 78.7 Å². The lowest BCUT2D eigenvalue weighted by Gasteiger charge is -2.02. The predicted molar refractivity (Wildman–Crippen MR) is 48.8 cm³/mol. The molecule has 0 fully saturated rings. The number of benzene rings is 1. The first-order chi connectivity index (χ1) is 5.52. The second-order valence-corrected chi connectivity index (χ2v) is 3.52. The number of ketones is 1. The molecule has 1 aromatic carbocycles. The van der Waals surface area contributed by atoms with Gasteiger partial charge in [-0.3, -0.25) is 4.79 Å². The van der Waals surface area contributed by atoms with Crippen LogP contribution in [0.4, 0.5) is 4.39 Å². The summed E-state index contributed by atoms with van der Waals surface area (Å²) in [5.41, 5.74) is 1.01. The zero-order valence-corrected chi connectivity index (χ0v) is 8.40. The van der Waals surface area contributed by atoms with E-state index in [2.05, 4.69) is 15.9 Å². The molecule has 1 aromatic rings. The van der Waals surface area contributed by atoms with Gasteiger partial charge in [0.15, 0.2) is 5.78 Å². The van der Waals surface area contributed by atoms with E-state index in [0.717, 1.165) is 5.56 Å². The van der Waals surface area contributed by atoms with Gasteiger partial charge in [-0.15, -0.1) is 0 Å². The van der Waals surface area contributed by atoms with Crippen LogP contribution in [0, 0.1) is 12.7 Å². The van der Waals surface area contributed by atoms with Crippen molar-refractivity contribution in [3.63, 3.8) is 0 Å². The fourth-order valence-electron chi connectivity index (χ4n) is 0.981. The van der Waals surface area contributed by atoms with Crippen LogP contribution in [0.2, 0.25) is 0 Å². The largest absolute Gasteiger partial charge is 0.294 e. The number of rotatable bonds is 1.